The summed E-state index contributed by atoms with van der Waals surface area (Å²) in [5.74, 6) is 0. The third-order valence-electron chi connectivity index (χ3n) is 5.75. The van der Waals surface area contributed by atoms with E-state index in [-0.39, 0.29) is 6.04 Å². The Balaban J connectivity index is 1.73. The Labute approximate surface area is 173 Å². The summed E-state index contributed by atoms with van der Waals surface area (Å²) in [4.78, 5) is 2.33. The first-order valence-electron chi connectivity index (χ1n) is 10.3. The van der Waals surface area contributed by atoms with Gasteiger partial charge in [-0.3, -0.25) is 4.58 Å². The minimum Gasteiger partial charge on any atom is -0.384 e. The van der Waals surface area contributed by atoms with Gasteiger partial charge in [-0.2, -0.15) is 0 Å². The maximum Gasteiger partial charge on any atom is 0.240 e. The maximum atomic E-state index is 11.3. The van der Waals surface area contributed by atoms with Crippen molar-refractivity contribution in [3.05, 3.63) is 101 Å². The van der Waals surface area contributed by atoms with Crippen LogP contribution in [0.1, 0.15) is 40.0 Å². The van der Waals surface area contributed by atoms with Crippen molar-refractivity contribution in [1.29, 1.82) is 0 Å². The van der Waals surface area contributed by atoms with E-state index in [0.717, 1.165) is 24.2 Å². The Bertz CT molecular complexity index is 988. The molecule has 0 unspecified atom stereocenters. The lowest BCUT2D eigenvalue weighted by Gasteiger charge is -2.23. The van der Waals surface area contributed by atoms with Gasteiger partial charge in [0.05, 0.1) is 0 Å². The summed E-state index contributed by atoms with van der Waals surface area (Å²) in [5, 5.41) is 11.3. The van der Waals surface area contributed by atoms with Gasteiger partial charge in [-0.25, -0.2) is 4.90 Å². The Morgan fingerprint density at radius 1 is 0.828 bits per heavy atom. The molecule has 0 saturated heterocycles. The summed E-state index contributed by atoms with van der Waals surface area (Å²) in [6, 6.07) is 24.6. The molecule has 0 bridgehead atoms. The van der Waals surface area contributed by atoms with Crippen LogP contribution in [0.3, 0.4) is 0 Å². The standard InChI is InChI=1S/C26H29N2O/c1-19-16-20(2)24(21(3)17-19)27-14-15-28(18-27)25(22-10-6-4-7-11-22)26(29)23-12-8-5-9-13-23/h4-13,16-18,25-26,29H,14-15H2,1-3H3/q+1/t25-,26+/m0/s1. The molecule has 1 aliphatic rings. The predicted molar refractivity (Wildman–Crippen MR) is 120 cm³/mol. The molecule has 2 atom stereocenters. The first-order valence-corrected chi connectivity index (χ1v) is 10.3. The Hall–Kier alpha value is -2.91. The lowest BCUT2D eigenvalue weighted by molar-refractivity contribution is -0.572. The Morgan fingerprint density at radius 2 is 1.38 bits per heavy atom. The monoisotopic (exact) mass is 385 g/mol. The van der Waals surface area contributed by atoms with Gasteiger partial charge < -0.3 is 5.11 Å². The average Bonchev–Trinajstić information content (AvgIpc) is 3.18. The largest absolute Gasteiger partial charge is 0.384 e. The topological polar surface area (TPSA) is 26.5 Å². The second-order valence-electron chi connectivity index (χ2n) is 8.01. The van der Waals surface area contributed by atoms with Crippen LogP contribution in [0, 0.1) is 20.8 Å². The van der Waals surface area contributed by atoms with Crippen molar-refractivity contribution >= 4 is 12.0 Å². The molecule has 1 N–H and O–H groups in total. The fraction of sp³-hybridized carbons (Fsp3) is 0.269. The van der Waals surface area contributed by atoms with Crippen LogP contribution in [0.15, 0.2) is 72.8 Å². The number of aryl methyl sites for hydroxylation is 3. The second-order valence-corrected chi connectivity index (χ2v) is 8.01. The average molecular weight is 386 g/mol. The lowest BCUT2D eigenvalue weighted by Crippen LogP contribution is -2.25. The molecule has 0 saturated carbocycles. The van der Waals surface area contributed by atoms with Gasteiger partial charge in [0.25, 0.3) is 0 Å². The van der Waals surface area contributed by atoms with E-state index in [4.69, 9.17) is 0 Å². The zero-order chi connectivity index (χ0) is 20.4. The number of anilines is 1. The maximum absolute atomic E-state index is 11.3. The van der Waals surface area contributed by atoms with E-state index in [1.54, 1.807) is 0 Å². The zero-order valence-electron chi connectivity index (χ0n) is 17.4. The van der Waals surface area contributed by atoms with Crippen LogP contribution >= 0.6 is 0 Å². The van der Waals surface area contributed by atoms with Crippen molar-refractivity contribution in [3.8, 4) is 0 Å². The highest BCUT2D eigenvalue weighted by Crippen LogP contribution is 2.34. The molecule has 0 aromatic heterocycles. The van der Waals surface area contributed by atoms with Crippen molar-refractivity contribution < 1.29 is 9.68 Å². The number of aliphatic hydroxyl groups excluding tert-OH is 1. The van der Waals surface area contributed by atoms with E-state index >= 15 is 0 Å². The SMILES string of the molecule is Cc1cc(C)c(N2C=[N+]([C@@H](c3ccccc3)[C@H](O)c3ccccc3)CC2)c(C)c1. The first-order chi connectivity index (χ1) is 14.0. The smallest absolute Gasteiger partial charge is 0.240 e. The van der Waals surface area contributed by atoms with Crippen LogP contribution < -0.4 is 4.90 Å². The summed E-state index contributed by atoms with van der Waals surface area (Å²) >= 11 is 0. The quantitative estimate of drug-likeness (QED) is 0.629. The van der Waals surface area contributed by atoms with E-state index in [2.05, 4.69) is 60.9 Å². The van der Waals surface area contributed by atoms with Gasteiger partial charge in [0.1, 0.15) is 24.9 Å². The number of rotatable bonds is 5. The molecule has 1 aliphatic heterocycles. The van der Waals surface area contributed by atoms with Crippen LogP contribution in [0.5, 0.6) is 0 Å². The van der Waals surface area contributed by atoms with Crippen LogP contribution in [0.2, 0.25) is 0 Å². The van der Waals surface area contributed by atoms with Crippen molar-refractivity contribution in [2.24, 2.45) is 0 Å². The number of benzene rings is 3. The van der Waals surface area contributed by atoms with E-state index in [0.29, 0.717) is 0 Å². The third-order valence-corrected chi connectivity index (χ3v) is 5.75. The first kappa shape index (κ1) is 19.4. The zero-order valence-corrected chi connectivity index (χ0v) is 17.4. The number of nitrogens with zero attached hydrogens (tertiary/aromatic N) is 2. The molecule has 3 aromatic carbocycles. The van der Waals surface area contributed by atoms with Gasteiger partial charge in [-0.15, -0.1) is 0 Å². The summed E-state index contributed by atoms with van der Waals surface area (Å²) < 4.78 is 2.28. The summed E-state index contributed by atoms with van der Waals surface area (Å²) in [6.45, 7) is 8.29. The molecular weight excluding hydrogens is 356 g/mol. The molecule has 148 valence electrons. The molecular formula is C26H29N2O+. The molecule has 3 heteroatoms. The molecule has 3 nitrogen and oxygen atoms in total. The molecule has 0 amide bonds. The minimum absolute atomic E-state index is 0.130. The molecule has 4 rings (SSSR count). The highest BCUT2D eigenvalue weighted by Gasteiger charge is 2.34. The number of aliphatic hydroxyl groups is 1. The van der Waals surface area contributed by atoms with E-state index in [9.17, 15) is 5.11 Å². The van der Waals surface area contributed by atoms with E-state index in [1.807, 2.05) is 48.5 Å². The van der Waals surface area contributed by atoms with E-state index in [1.165, 1.54) is 22.4 Å². The summed E-state index contributed by atoms with van der Waals surface area (Å²) in [6.07, 6.45) is 1.59. The number of hydrogen-bond acceptors (Lipinski definition) is 2. The molecule has 29 heavy (non-hydrogen) atoms. The molecule has 0 radical (unpaired) electrons. The summed E-state index contributed by atoms with van der Waals surface area (Å²) in [7, 11) is 0. The fourth-order valence-corrected chi connectivity index (χ4v) is 4.56. The molecule has 1 heterocycles. The highest BCUT2D eigenvalue weighted by molar-refractivity contribution is 5.81. The van der Waals surface area contributed by atoms with Gasteiger partial charge >= 0.3 is 0 Å². The predicted octanol–water partition coefficient (Wildman–Crippen LogP) is 4.95. The fourth-order valence-electron chi connectivity index (χ4n) is 4.56. The Morgan fingerprint density at radius 3 is 1.97 bits per heavy atom. The number of hydrogen-bond donors (Lipinski definition) is 1. The van der Waals surface area contributed by atoms with Gasteiger partial charge in [0, 0.05) is 0 Å². The van der Waals surface area contributed by atoms with Gasteiger partial charge in [-0.05, 0) is 43.0 Å². The van der Waals surface area contributed by atoms with Crippen LogP contribution in [0.25, 0.3) is 0 Å². The van der Waals surface area contributed by atoms with Crippen LogP contribution in [0.4, 0.5) is 5.69 Å². The van der Waals surface area contributed by atoms with E-state index < -0.39 is 6.10 Å². The molecule has 3 aromatic rings. The van der Waals surface area contributed by atoms with Crippen LogP contribution in [-0.2, 0) is 0 Å². The second kappa shape index (κ2) is 8.22. The van der Waals surface area contributed by atoms with Crippen molar-refractivity contribution in [2.45, 2.75) is 32.9 Å². The summed E-state index contributed by atoms with van der Waals surface area (Å²) in [5.41, 5.74) is 7.22. The third kappa shape index (κ3) is 3.96. The minimum atomic E-state index is -0.602. The van der Waals surface area contributed by atoms with Gasteiger partial charge in [0.2, 0.25) is 6.34 Å². The van der Waals surface area contributed by atoms with Gasteiger partial charge in [0.15, 0.2) is 6.04 Å². The van der Waals surface area contributed by atoms with Gasteiger partial charge in [-0.1, -0.05) is 78.4 Å². The molecule has 0 fully saturated rings. The van der Waals surface area contributed by atoms with Crippen molar-refractivity contribution in [3.63, 3.8) is 0 Å². The lowest BCUT2D eigenvalue weighted by atomic mass is 9.95. The Kier molecular flexibility index (Phi) is 5.50. The molecule has 0 spiro atoms. The highest BCUT2D eigenvalue weighted by atomic mass is 16.3. The molecule has 0 aliphatic carbocycles. The van der Waals surface area contributed by atoms with Crippen molar-refractivity contribution in [2.75, 3.05) is 18.0 Å². The normalized spacial score (nSPS) is 15.9. The van der Waals surface area contributed by atoms with Crippen LogP contribution in [-0.4, -0.2) is 29.1 Å². The van der Waals surface area contributed by atoms with Crippen molar-refractivity contribution in [1.82, 2.24) is 0 Å².